The standard InChI is InChI=1S/C13H21ClN2O/c1-5-16(3)12(9-15-2)11-8-10(14)6-7-13(11)17-4/h6-8,12,15H,5,9H2,1-4H3. The van der Waals surface area contributed by atoms with Crippen LogP contribution >= 0.6 is 11.6 Å². The van der Waals surface area contributed by atoms with Crippen LogP contribution in [0.4, 0.5) is 0 Å². The van der Waals surface area contributed by atoms with Crippen molar-refractivity contribution in [3.63, 3.8) is 0 Å². The van der Waals surface area contributed by atoms with Crippen LogP contribution in [0.1, 0.15) is 18.5 Å². The Morgan fingerprint density at radius 3 is 2.71 bits per heavy atom. The monoisotopic (exact) mass is 256 g/mol. The second-order valence-corrected chi connectivity index (χ2v) is 4.47. The molecule has 0 fully saturated rings. The Labute approximate surface area is 109 Å². The predicted molar refractivity (Wildman–Crippen MR) is 73.0 cm³/mol. The minimum absolute atomic E-state index is 0.263. The summed E-state index contributed by atoms with van der Waals surface area (Å²) in [6.07, 6.45) is 0. The molecular weight excluding hydrogens is 236 g/mol. The van der Waals surface area contributed by atoms with Crippen molar-refractivity contribution in [2.24, 2.45) is 0 Å². The molecule has 4 heteroatoms. The molecule has 0 amide bonds. The molecule has 1 unspecified atom stereocenters. The highest BCUT2D eigenvalue weighted by atomic mass is 35.5. The molecule has 1 atom stereocenters. The number of benzene rings is 1. The smallest absolute Gasteiger partial charge is 0.123 e. The molecule has 0 aliphatic carbocycles. The Morgan fingerprint density at radius 1 is 1.47 bits per heavy atom. The first-order valence-corrected chi connectivity index (χ1v) is 6.20. The first-order valence-electron chi connectivity index (χ1n) is 5.82. The van der Waals surface area contributed by atoms with Crippen molar-refractivity contribution in [1.82, 2.24) is 10.2 Å². The van der Waals surface area contributed by atoms with E-state index in [1.54, 1.807) is 7.11 Å². The van der Waals surface area contributed by atoms with Gasteiger partial charge in [0, 0.05) is 17.1 Å². The zero-order valence-electron chi connectivity index (χ0n) is 11.0. The lowest BCUT2D eigenvalue weighted by atomic mass is 10.0. The summed E-state index contributed by atoms with van der Waals surface area (Å²) < 4.78 is 5.41. The Hall–Kier alpha value is -0.770. The van der Waals surface area contributed by atoms with Crippen LogP contribution < -0.4 is 10.1 Å². The molecule has 0 aromatic heterocycles. The Bertz CT molecular complexity index is 357. The molecule has 0 saturated carbocycles. The second-order valence-electron chi connectivity index (χ2n) is 4.03. The van der Waals surface area contributed by atoms with Crippen molar-refractivity contribution < 1.29 is 4.74 Å². The number of nitrogens with one attached hydrogen (secondary N) is 1. The minimum atomic E-state index is 0.263. The van der Waals surface area contributed by atoms with Gasteiger partial charge in [0.2, 0.25) is 0 Å². The average molecular weight is 257 g/mol. The maximum atomic E-state index is 6.07. The van der Waals surface area contributed by atoms with Crippen molar-refractivity contribution in [2.45, 2.75) is 13.0 Å². The summed E-state index contributed by atoms with van der Waals surface area (Å²) in [5.74, 6) is 0.884. The van der Waals surface area contributed by atoms with E-state index in [1.807, 2.05) is 25.2 Å². The van der Waals surface area contributed by atoms with Crippen LogP contribution in [0, 0.1) is 0 Å². The molecule has 0 bridgehead atoms. The van der Waals surface area contributed by atoms with Gasteiger partial charge in [0.15, 0.2) is 0 Å². The molecule has 1 rings (SSSR count). The lowest BCUT2D eigenvalue weighted by Gasteiger charge is -2.28. The summed E-state index contributed by atoms with van der Waals surface area (Å²) in [5, 5.41) is 3.95. The first kappa shape index (κ1) is 14.3. The van der Waals surface area contributed by atoms with Gasteiger partial charge in [-0.25, -0.2) is 0 Å². The maximum Gasteiger partial charge on any atom is 0.123 e. The summed E-state index contributed by atoms with van der Waals surface area (Å²) in [7, 11) is 5.74. The average Bonchev–Trinajstić information content (AvgIpc) is 2.35. The molecule has 17 heavy (non-hydrogen) atoms. The van der Waals surface area contributed by atoms with Crippen LogP contribution in [0.3, 0.4) is 0 Å². The van der Waals surface area contributed by atoms with Crippen LogP contribution in [0.2, 0.25) is 5.02 Å². The number of rotatable bonds is 6. The van der Waals surface area contributed by atoms with Crippen molar-refractivity contribution in [3.05, 3.63) is 28.8 Å². The number of halogens is 1. The Kier molecular flexibility index (Phi) is 5.75. The third-order valence-electron chi connectivity index (χ3n) is 2.98. The van der Waals surface area contributed by atoms with Crippen LogP contribution in [-0.4, -0.2) is 39.2 Å². The van der Waals surface area contributed by atoms with Gasteiger partial charge in [0.25, 0.3) is 0 Å². The third kappa shape index (κ3) is 3.60. The van der Waals surface area contributed by atoms with E-state index in [0.717, 1.165) is 29.4 Å². The molecule has 96 valence electrons. The summed E-state index contributed by atoms with van der Waals surface area (Å²) in [5.41, 5.74) is 1.12. The molecule has 1 aromatic rings. The number of nitrogens with zero attached hydrogens (tertiary/aromatic N) is 1. The Morgan fingerprint density at radius 2 is 2.18 bits per heavy atom. The SMILES string of the molecule is CCN(C)C(CNC)c1cc(Cl)ccc1OC. The molecule has 3 nitrogen and oxygen atoms in total. The number of hydrogen-bond acceptors (Lipinski definition) is 3. The fraction of sp³-hybridized carbons (Fsp3) is 0.538. The fourth-order valence-electron chi connectivity index (χ4n) is 1.88. The topological polar surface area (TPSA) is 24.5 Å². The molecule has 0 heterocycles. The molecular formula is C13H21ClN2O. The van der Waals surface area contributed by atoms with E-state index < -0.39 is 0 Å². The molecule has 1 aromatic carbocycles. The van der Waals surface area contributed by atoms with E-state index in [0.29, 0.717) is 0 Å². The van der Waals surface area contributed by atoms with Gasteiger partial charge in [0.05, 0.1) is 13.2 Å². The highest BCUT2D eigenvalue weighted by Gasteiger charge is 2.19. The summed E-state index contributed by atoms with van der Waals surface area (Å²) >= 11 is 6.07. The predicted octanol–water partition coefficient (Wildman–Crippen LogP) is 2.56. The zero-order valence-corrected chi connectivity index (χ0v) is 11.7. The van der Waals surface area contributed by atoms with Gasteiger partial charge in [-0.2, -0.15) is 0 Å². The van der Waals surface area contributed by atoms with Crippen LogP contribution in [-0.2, 0) is 0 Å². The van der Waals surface area contributed by atoms with Crippen LogP contribution in [0.25, 0.3) is 0 Å². The number of hydrogen-bond donors (Lipinski definition) is 1. The van der Waals surface area contributed by atoms with Gasteiger partial charge in [-0.15, -0.1) is 0 Å². The number of ether oxygens (including phenoxy) is 1. The number of methoxy groups -OCH3 is 1. The maximum absolute atomic E-state index is 6.07. The van der Waals surface area contributed by atoms with Gasteiger partial charge in [-0.3, -0.25) is 4.90 Å². The Balaban J connectivity index is 3.11. The highest BCUT2D eigenvalue weighted by Crippen LogP contribution is 2.30. The molecule has 0 saturated heterocycles. The van der Waals surface area contributed by atoms with Crippen molar-refractivity contribution in [2.75, 3.05) is 34.3 Å². The highest BCUT2D eigenvalue weighted by molar-refractivity contribution is 6.30. The fourth-order valence-corrected chi connectivity index (χ4v) is 2.06. The summed E-state index contributed by atoms with van der Waals surface area (Å²) in [6, 6.07) is 6.02. The van der Waals surface area contributed by atoms with E-state index in [4.69, 9.17) is 16.3 Å². The van der Waals surface area contributed by atoms with E-state index in [-0.39, 0.29) is 6.04 Å². The van der Waals surface area contributed by atoms with Gasteiger partial charge in [0.1, 0.15) is 5.75 Å². The largest absolute Gasteiger partial charge is 0.496 e. The zero-order chi connectivity index (χ0) is 12.8. The van der Waals surface area contributed by atoms with E-state index in [2.05, 4.69) is 24.2 Å². The summed E-state index contributed by atoms with van der Waals surface area (Å²) in [4.78, 5) is 2.27. The van der Waals surface area contributed by atoms with Crippen LogP contribution in [0.5, 0.6) is 5.75 Å². The molecule has 1 N–H and O–H groups in total. The summed E-state index contributed by atoms with van der Waals surface area (Å²) in [6.45, 7) is 3.97. The third-order valence-corrected chi connectivity index (χ3v) is 3.21. The van der Waals surface area contributed by atoms with Crippen molar-refractivity contribution >= 4 is 11.6 Å². The van der Waals surface area contributed by atoms with Crippen molar-refractivity contribution in [3.8, 4) is 5.75 Å². The lowest BCUT2D eigenvalue weighted by Crippen LogP contribution is -2.32. The molecule has 0 aliphatic heterocycles. The van der Waals surface area contributed by atoms with E-state index in [1.165, 1.54) is 0 Å². The van der Waals surface area contributed by atoms with Crippen LogP contribution in [0.15, 0.2) is 18.2 Å². The lowest BCUT2D eigenvalue weighted by molar-refractivity contribution is 0.247. The van der Waals surface area contributed by atoms with Gasteiger partial charge < -0.3 is 10.1 Å². The van der Waals surface area contributed by atoms with Gasteiger partial charge >= 0.3 is 0 Å². The van der Waals surface area contributed by atoms with Gasteiger partial charge in [-0.05, 0) is 38.8 Å². The second kappa shape index (κ2) is 6.84. The molecule has 0 spiro atoms. The normalized spacial score (nSPS) is 12.8. The van der Waals surface area contributed by atoms with Crippen molar-refractivity contribution in [1.29, 1.82) is 0 Å². The molecule has 0 aliphatic rings. The van der Waals surface area contributed by atoms with E-state index >= 15 is 0 Å². The quantitative estimate of drug-likeness (QED) is 0.847. The first-order chi connectivity index (χ1) is 8.13. The van der Waals surface area contributed by atoms with Gasteiger partial charge in [-0.1, -0.05) is 18.5 Å². The number of likely N-dealkylation sites (N-methyl/N-ethyl adjacent to an activating group) is 2. The minimum Gasteiger partial charge on any atom is -0.496 e. The van der Waals surface area contributed by atoms with E-state index in [9.17, 15) is 0 Å². The molecule has 0 radical (unpaired) electrons.